The van der Waals surface area contributed by atoms with Crippen molar-refractivity contribution in [3.8, 4) is 5.75 Å². The molecule has 2 rings (SSSR count). The molecule has 1 aromatic heterocycles. The van der Waals surface area contributed by atoms with Crippen LogP contribution in [0.4, 0.5) is 11.4 Å². The van der Waals surface area contributed by atoms with Crippen molar-refractivity contribution in [2.45, 2.75) is 39.7 Å². The first-order chi connectivity index (χ1) is 10.9. The number of ether oxygens (including phenoxy) is 1. The van der Waals surface area contributed by atoms with Crippen molar-refractivity contribution in [2.75, 3.05) is 11.9 Å². The van der Waals surface area contributed by atoms with Crippen molar-refractivity contribution in [3.63, 3.8) is 0 Å². The predicted molar refractivity (Wildman–Crippen MR) is 92.5 cm³/mol. The highest BCUT2D eigenvalue weighted by Crippen LogP contribution is 2.36. The summed E-state index contributed by atoms with van der Waals surface area (Å²) in [5, 5.41) is 17.6. The molecular formula is C16H21N3O3S. The molecule has 0 radical (unpaired) electrons. The van der Waals surface area contributed by atoms with Crippen molar-refractivity contribution >= 4 is 22.7 Å². The standard InChI is InChI=1S/C16H21N3O3S/c1-5-22-14-8-6-7-12(15(14)19(20)21)17-11(4)13-9-23-16(18-13)10(2)3/h6-11,17H,5H2,1-4H3. The number of nitro groups is 1. The third-order valence-electron chi connectivity index (χ3n) is 3.33. The maximum Gasteiger partial charge on any atom is 0.333 e. The average Bonchev–Trinajstić information content (AvgIpc) is 2.97. The monoisotopic (exact) mass is 335 g/mol. The SMILES string of the molecule is CCOc1cccc(NC(C)c2csc(C(C)C)n2)c1[N+](=O)[O-]. The van der Waals surface area contributed by atoms with Gasteiger partial charge in [0.05, 0.1) is 28.3 Å². The molecule has 6 nitrogen and oxygen atoms in total. The van der Waals surface area contributed by atoms with Crippen LogP contribution in [-0.4, -0.2) is 16.5 Å². The Morgan fingerprint density at radius 3 is 2.70 bits per heavy atom. The van der Waals surface area contributed by atoms with Gasteiger partial charge in [-0.1, -0.05) is 19.9 Å². The van der Waals surface area contributed by atoms with Crippen LogP contribution in [-0.2, 0) is 0 Å². The number of thiazole rings is 1. The molecule has 0 fully saturated rings. The van der Waals surface area contributed by atoms with Crippen LogP contribution in [0, 0.1) is 10.1 Å². The van der Waals surface area contributed by atoms with Crippen molar-refractivity contribution in [2.24, 2.45) is 0 Å². The first kappa shape index (κ1) is 17.2. The van der Waals surface area contributed by atoms with Crippen LogP contribution < -0.4 is 10.1 Å². The highest BCUT2D eigenvalue weighted by molar-refractivity contribution is 7.09. The van der Waals surface area contributed by atoms with Crippen LogP contribution in [0.3, 0.4) is 0 Å². The van der Waals surface area contributed by atoms with Crippen LogP contribution >= 0.6 is 11.3 Å². The number of nitro benzene ring substituents is 1. The van der Waals surface area contributed by atoms with Gasteiger partial charge in [-0.2, -0.15) is 0 Å². The minimum atomic E-state index is -0.416. The lowest BCUT2D eigenvalue weighted by Gasteiger charge is -2.15. The molecule has 0 bridgehead atoms. The van der Waals surface area contributed by atoms with Gasteiger partial charge in [0.25, 0.3) is 0 Å². The number of hydrogen-bond acceptors (Lipinski definition) is 6. The van der Waals surface area contributed by atoms with E-state index in [1.54, 1.807) is 36.5 Å². The van der Waals surface area contributed by atoms with E-state index in [0.29, 0.717) is 18.2 Å². The Kier molecular flexibility index (Phi) is 5.54. The molecule has 0 aliphatic carbocycles. The van der Waals surface area contributed by atoms with Gasteiger partial charge in [-0.25, -0.2) is 4.98 Å². The molecule has 1 heterocycles. The fourth-order valence-corrected chi connectivity index (χ4v) is 3.10. The molecule has 124 valence electrons. The summed E-state index contributed by atoms with van der Waals surface area (Å²) < 4.78 is 5.37. The van der Waals surface area contributed by atoms with Crippen LogP contribution in [0.1, 0.15) is 50.4 Å². The number of aromatic nitrogens is 1. The normalized spacial score (nSPS) is 12.2. The summed E-state index contributed by atoms with van der Waals surface area (Å²) in [5.41, 5.74) is 1.28. The Labute approximate surface area is 139 Å². The lowest BCUT2D eigenvalue weighted by atomic mass is 10.2. The van der Waals surface area contributed by atoms with Crippen molar-refractivity contribution in [1.82, 2.24) is 4.98 Å². The Morgan fingerprint density at radius 1 is 1.39 bits per heavy atom. The summed E-state index contributed by atoms with van der Waals surface area (Å²) in [4.78, 5) is 15.6. The summed E-state index contributed by atoms with van der Waals surface area (Å²) in [6.07, 6.45) is 0. The topological polar surface area (TPSA) is 77.3 Å². The van der Waals surface area contributed by atoms with E-state index in [9.17, 15) is 10.1 Å². The van der Waals surface area contributed by atoms with Gasteiger partial charge in [-0.05, 0) is 26.0 Å². The molecule has 0 saturated heterocycles. The third-order valence-corrected chi connectivity index (χ3v) is 4.49. The van der Waals surface area contributed by atoms with E-state index in [2.05, 4.69) is 24.1 Å². The number of benzene rings is 1. The predicted octanol–water partition coefficient (Wildman–Crippen LogP) is 4.75. The summed E-state index contributed by atoms with van der Waals surface area (Å²) in [6.45, 7) is 8.31. The van der Waals surface area contributed by atoms with E-state index in [1.807, 2.05) is 12.3 Å². The maximum absolute atomic E-state index is 11.4. The molecular weight excluding hydrogens is 314 g/mol. The van der Waals surface area contributed by atoms with Gasteiger partial charge < -0.3 is 10.1 Å². The molecule has 0 aliphatic rings. The van der Waals surface area contributed by atoms with E-state index in [0.717, 1.165) is 10.7 Å². The van der Waals surface area contributed by atoms with Crippen LogP contribution in [0.2, 0.25) is 0 Å². The zero-order chi connectivity index (χ0) is 17.0. The van der Waals surface area contributed by atoms with Crippen molar-refractivity contribution in [3.05, 3.63) is 44.4 Å². The number of para-hydroxylation sites is 1. The van der Waals surface area contributed by atoms with Crippen molar-refractivity contribution < 1.29 is 9.66 Å². The number of nitrogens with zero attached hydrogens (tertiary/aromatic N) is 2. The first-order valence-corrected chi connectivity index (χ1v) is 8.44. The number of nitrogens with one attached hydrogen (secondary N) is 1. The van der Waals surface area contributed by atoms with Gasteiger partial charge in [0, 0.05) is 11.3 Å². The van der Waals surface area contributed by atoms with E-state index in [-0.39, 0.29) is 17.5 Å². The summed E-state index contributed by atoms with van der Waals surface area (Å²) in [6, 6.07) is 4.91. The minimum Gasteiger partial charge on any atom is -0.487 e. The fourth-order valence-electron chi connectivity index (χ4n) is 2.17. The molecule has 1 N–H and O–H groups in total. The van der Waals surface area contributed by atoms with Gasteiger partial charge in [-0.15, -0.1) is 11.3 Å². The number of hydrogen-bond donors (Lipinski definition) is 1. The molecule has 0 amide bonds. The Morgan fingerprint density at radius 2 is 2.13 bits per heavy atom. The van der Waals surface area contributed by atoms with Gasteiger partial charge in [-0.3, -0.25) is 10.1 Å². The molecule has 23 heavy (non-hydrogen) atoms. The summed E-state index contributed by atoms with van der Waals surface area (Å²) in [7, 11) is 0. The molecule has 2 aromatic rings. The molecule has 1 atom stereocenters. The second kappa shape index (κ2) is 7.41. The quantitative estimate of drug-likeness (QED) is 0.584. The molecule has 1 aromatic carbocycles. The lowest BCUT2D eigenvalue weighted by Crippen LogP contribution is -2.10. The molecule has 7 heteroatoms. The Bertz CT molecular complexity index is 685. The van der Waals surface area contributed by atoms with E-state index >= 15 is 0 Å². The fraction of sp³-hybridized carbons (Fsp3) is 0.438. The molecule has 0 aliphatic heterocycles. The minimum absolute atomic E-state index is 0.0412. The smallest absolute Gasteiger partial charge is 0.333 e. The third kappa shape index (κ3) is 3.98. The highest BCUT2D eigenvalue weighted by Gasteiger charge is 2.23. The summed E-state index contributed by atoms with van der Waals surface area (Å²) in [5.74, 6) is 0.646. The Balaban J connectivity index is 2.27. The van der Waals surface area contributed by atoms with E-state index in [4.69, 9.17) is 4.74 Å². The van der Waals surface area contributed by atoms with Gasteiger partial charge >= 0.3 is 5.69 Å². The van der Waals surface area contributed by atoms with E-state index < -0.39 is 4.92 Å². The second-order valence-corrected chi connectivity index (χ2v) is 6.36. The van der Waals surface area contributed by atoms with Gasteiger partial charge in [0.15, 0.2) is 5.75 Å². The van der Waals surface area contributed by atoms with Crippen LogP contribution in [0.25, 0.3) is 0 Å². The van der Waals surface area contributed by atoms with Crippen LogP contribution in [0.15, 0.2) is 23.6 Å². The largest absolute Gasteiger partial charge is 0.487 e. The highest BCUT2D eigenvalue weighted by atomic mass is 32.1. The Hall–Kier alpha value is -2.15. The van der Waals surface area contributed by atoms with E-state index in [1.165, 1.54) is 0 Å². The zero-order valence-corrected chi connectivity index (χ0v) is 14.5. The van der Waals surface area contributed by atoms with Gasteiger partial charge in [0.2, 0.25) is 0 Å². The number of rotatable bonds is 7. The summed E-state index contributed by atoms with van der Waals surface area (Å²) >= 11 is 1.61. The molecule has 0 spiro atoms. The van der Waals surface area contributed by atoms with Crippen molar-refractivity contribution in [1.29, 1.82) is 0 Å². The van der Waals surface area contributed by atoms with Crippen LogP contribution in [0.5, 0.6) is 5.75 Å². The lowest BCUT2D eigenvalue weighted by molar-refractivity contribution is -0.385. The molecule has 0 saturated carbocycles. The molecule has 1 unspecified atom stereocenters. The second-order valence-electron chi connectivity index (χ2n) is 5.47. The zero-order valence-electron chi connectivity index (χ0n) is 13.7. The maximum atomic E-state index is 11.4. The van der Waals surface area contributed by atoms with Gasteiger partial charge in [0.1, 0.15) is 5.69 Å². The number of anilines is 1. The average molecular weight is 335 g/mol. The first-order valence-electron chi connectivity index (χ1n) is 7.56.